The summed E-state index contributed by atoms with van der Waals surface area (Å²) in [5.74, 6) is 1.02. The lowest BCUT2D eigenvalue weighted by atomic mass is 10.0. The predicted molar refractivity (Wildman–Crippen MR) is 95.0 cm³/mol. The Kier molecular flexibility index (Phi) is 3.76. The molecule has 2 aromatic heterocycles. The van der Waals surface area contributed by atoms with Crippen LogP contribution in [0.5, 0.6) is 0 Å². The number of nitrogens with zero attached hydrogens (tertiary/aromatic N) is 5. The van der Waals surface area contributed by atoms with Crippen molar-refractivity contribution in [2.24, 2.45) is 7.05 Å². The fourth-order valence-electron chi connectivity index (χ4n) is 3.45. The summed E-state index contributed by atoms with van der Waals surface area (Å²) in [6, 6.07) is 12.5. The molecule has 0 atom stereocenters. The van der Waals surface area contributed by atoms with Crippen LogP contribution in [0.4, 0.5) is 5.82 Å². The molecule has 1 aliphatic heterocycles. The molecule has 4 rings (SSSR count). The summed E-state index contributed by atoms with van der Waals surface area (Å²) in [6.07, 6.45) is 3.62. The Bertz CT molecular complexity index is 853. The summed E-state index contributed by atoms with van der Waals surface area (Å²) >= 11 is 0. The van der Waals surface area contributed by atoms with Crippen molar-refractivity contribution in [1.29, 1.82) is 0 Å². The van der Waals surface area contributed by atoms with Gasteiger partial charge < -0.3 is 4.90 Å². The molecular weight excluding hydrogens is 298 g/mol. The Labute approximate surface area is 142 Å². The van der Waals surface area contributed by atoms with Crippen molar-refractivity contribution in [2.75, 3.05) is 18.0 Å². The topological polar surface area (TPSA) is 46.8 Å². The van der Waals surface area contributed by atoms with Crippen LogP contribution in [0, 0.1) is 6.92 Å². The van der Waals surface area contributed by atoms with Gasteiger partial charge in [0.2, 0.25) is 0 Å². The van der Waals surface area contributed by atoms with Gasteiger partial charge in [0.25, 0.3) is 0 Å². The van der Waals surface area contributed by atoms with Crippen molar-refractivity contribution in [1.82, 2.24) is 19.7 Å². The minimum Gasteiger partial charge on any atom is -0.356 e. The lowest BCUT2D eigenvalue weighted by Gasteiger charge is -2.21. The maximum atomic E-state index is 4.79. The summed E-state index contributed by atoms with van der Waals surface area (Å²) in [7, 11) is 2.05. The molecule has 3 aromatic rings. The van der Waals surface area contributed by atoms with E-state index in [4.69, 9.17) is 5.10 Å². The second kappa shape index (κ2) is 6.07. The Morgan fingerprint density at radius 1 is 1.00 bits per heavy atom. The number of fused-ring (bicyclic) bond motifs is 1. The summed E-state index contributed by atoms with van der Waals surface area (Å²) in [5.41, 5.74) is 6.03. The van der Waals surface area contributed by atoms with Crippen LogP contribution in [0.2, 0.25) is 0 Å². The van der Waals surface area contributed by atoms with Crippen LogP contribution in [-0.4, -0.2) is 32.8 Å². The molecular formula is C19H21N5. The molecule has 24 heavy (non-hydrogen) atoms. The van der Waals surface area contributed by atoms with Gasteiger partial charge in [-0.15, -0.1) is 0 Å². The van der Waals surface area contributed by atoms with E-state index in [1.807, 2.05) is 17.7 Å². The first-order valence-electron chi connectivity index (χ1n) is 8.36. The Hall–Kier alpha value is -2.69. The van der Waals surface area contributed by atoms with Crippen molar-refractivity contribution < 1.29 is 0 Å². The monoisotopic (exact) mass is 319 g/mol. The second-order valence-corrected chi connectivity index (χ2v) is 6.27. The van der Waals surface area contributed by atoms with Crippen molar-refractivity contribution in [3.8, 4) is 11.3 Å². The zero-order chi connectivity index (χ0) is 16.5. The third kappa shape index (κ3) is 2.66. The first kappa shape index (κ1) is 14.9. The fraction of sp³-hybridized carbons (Fsp3) is 0.316. The normalized spacial score (nSPS) is 14.3. The van der Waals surface area contributed by atoms with E-state index in [0.29, 0.717) is 0 Å². The highest BCUT2D eigenvalue weighted by Crippen LogP contribution is 2.28. The van der Waals surface area contributed by atoms with Crippen LogP contribution in [0.3, 0.4) is 0 Å². The molecule has 5 nitrogen and oxygen atoms in total. The fourth-order valence-corrected chi connectivity index (χ4v) is 3.45. The number of aromatic nitrogens is 4. The highest BCUT2D eigenvalue weighted by atomic mass is 15.3. The third-order valence-corrected chi connectivity index (χ3v) is 4.69. The molecule has 0 fully saturated rings. The van der Waals surface area contributed by atoms with E-state index in [1.165, 1.54) is 16.8 Å². The van der Waals surface area contributed by atoms with Gasteiger partial charge in [0.1, 0.15) is 12.1 Å². The summed E-state index contributed by atoms with van der Waals surface area (Å²) < 4.78 is 2.05. The zero-order valence-corrected chi connectivity index (χ0v) is 14.1. The molecule has 1 aliphatic rings. The number of anilines is 1. The van der Waals surface area contributed by atoms with Crippen LogP contribution < -0.4 is 4.90 Å². The average molecular weight is 319 g/mol. The molecule has 0 saturated heterocycles. The Morgan fingerprint density at radius 2 is 1.79 bits per heavy atom. The minimum atomic E-state index is 0.953. The van der Waals surface area contributed by atoms with E-state index < -0.39 is 0 Å². The van der Waals surface area contributed by atoms with Gasteiger partial charge in [0, 0.05) is 55.1 Å². The molecule has 0 bridgehead atoms. The van der Waals surface area contributed by atoms with E-state index in [1.54, 1.807) is 6.33 Å². The molecule has 0 unspecified atom stereocenters. The van der Waals surface area contributed by atoms with Gasteiger partial charge in [-0.2, -0.15) is 5.10 Å². The lowest BCUT2D eigenvalue weighted by molar-refractivity contribution is 0.697. The minimum absolute atomic E-state index is 0.953. The number of hydrogen-bond acceptors (Lipinski definition) is 4. The molecule has 5 heteroatoms. The van der Waals surface area contributed by atoms with E-state index in [2.05, 4.69) is 52.2 Å². The number of rotatable bonds is 2. The second-order valence-electron chi connectivity index (χ2n) is 6.27. The summed E-state index contributed by atoms with van der Waals surface area (Å²) in [6.45, 7) is 3.92. The lowest BCUT2D eigenvalue weighted by Crippen LogP contribution is -2.27. The SMILES string of the molecule is Cc1cc(N2CCc3c(-c4ccccc4)nn(C)c3CC2)ncn1. The molecule has 0 spiro atoms. The van der Waals surface area contributed by atoms with Crippen molar-refractivity contribution in [3.05, 3.63) is 59.7 Å². The van der Waals surface area contributed by atoms with Crippen LogP contribution in [0.25, 0.3) is 11.3 Å². The van der Waals surface area contributed by atoms with Gasteiger partial charge in [-0.25, -0.2) is 9.97 Å². The van der Waals surface area contributed by atoms with Crippen LogP contribution in [0.15, 0.2) is 42.7 Å². The summed E-state index contributed by atoms with van der Waals surface area (Å²) in [4.78, 5) is 11.0. The zero-order valence-electron chi connectivity index (χ0n) is 14.1. The predicted octanol–water partition coefficient (Wildman–Crippen LogP) is 2.79. The number of benzene rings is 1. The molecule has 122 valence electrons. The van der Waals surface area contributed by atoms with E-state index in [9.17, 15) is 0 Å². The van der Waals surface area contributed by atoms with Crippen LogP contribution >= 0.6 is 0 Å². The van der Waals surface area contributed by atoms with Gasteiger partial charge in [-0.1, -0.05) is 30.3 Å². The van der Waals surface area contributed by atoms with E-state index in [0.717, 1.165) is 43.1 Å². The van der Waals surface area contributed by atoms with Gasteiger partial charge in [0.15, 0.2) is 0 Å². The van der Waals surface area contributed by atoms with E-state index in [-0.39, 0.29) is 0 Å². The van der Waals surface area contributed by atoms with Gasteiger partial charge in [0.05, 0.1) is 5.69 Å². The molecule has 0 radical (unpaired) electrons. The third-order valence-electron chi connectivity index (χ3n) is 4.69. The maximum absolute atomic E-state index is 4.79. The Balaban J connectivity index is 1.66. The molecule has 0 amide bonds. The first-order chi connectivity index (χ1) is 11.7. The smallest absolute Gasteiger partial charge is 0.132 e. The highest BCUT2D eigenvalue weighted by molar-refractivity contribution is 5.64. The first-order valence-corrected chi connectivity index (χ1v) is 8.36. The molecule has 3 heterocycles. The van der Waals surface area contributed by atoms with Crippen molar-refractivity contribution >= 4 is 5.82 Å². The maximum Gasteiger partial charge on any atom is 0.132 e. The Morgan fingerprint density at radius 3 is 2.58 bits per heavy atom. The van der Waals surface area contributed by atoms with Crippen molar-refractivity contribution in [3.63, 3.8) is 0 Å². The molecule has 1 aromatic carbocycles. The summed E-state index contributed by atoms with van der Waals surface area (Å²) in [5, 5.41) is 4.79. The standard InChI is InChI=1S/C19H21N5/c1-14-12-18(21-13-20-14)24-10-8-16-17(9-11-24)23(2)22-19(16)15-6-4-3-5-7-15/h3-7,12-13H,8-11H2,1-2H3. The number of hydrogen-bond donors (Lipinski definition) is 0. The van der Waals surface area contributed by atoms with Gasteiger partial charge >= 0.3 is 0 Å². The van der Waals surface area contributed by atoms with Gasteiger partial charge in [-0.3, -0.25) is 4.68 Å². The van der Waals surface area contributed by atoms with Gasteiger partial charge in [-0.05, 0) is 13.3 Å². The average Bonchev–Trinajstić information content (AvgIpc) is 2.79. The largest absolute Gasteiger partial charge is 0.356 e. The van der Waals surface area contributed by atoms with Crippen LogP contribution in [0.1, 0.15) is 17.0 Å². The number of aryl methyl sites for hydroxylation is 2. The van der Waals surface area contributed by atoms with E-state index >= 15 is 0 Å². The molecule has 0 aliphatic carbocycles. The van der Waals surface area contributed by atoms with Crippen molar-refractivity contribution in [2.45, 2.75) is 19.8 Å². The quantitative estimate of drug-likeness (QED) is 0.729. The molecule has 0 N–H and O–H groups in total. The highest BCUT2D eigenvalue weighted by Gasteiger charge is 2.22. The van der Waals surface area contributed by atoms with Crippen LogP contribution in [-0.2, 0) is 19.9 Å². The molecule has 0 saturated carbocycles.